The molecule has 2 atom stereocenters. The van der Waals surface area contributed by atoms with Crippen LogP contribution >= 0.6 is 0 Å². The second kappa shape index (κ2) is 2.62. The average Bonchev–Trinajstić information content (AvgIpc) is 2.81. The molecule has 0 heterocycles. The molecule has 1 aliphatic carbocycles. The SMILES string of the molecule is CC[C@]1(C)C[C@H]1c1ccccc1. The van der Waals surface area contributed by atoms with Gasteiger partial charge in [0.25, 0.3) is 0 Å². The molecule has 64 valence electrons. The molecular formula is C12H16. The third kappa shape index (κ3) is 1.16. The molecule has 0 aromatic heterocycles. The Hall–Kier alpha value is -0.780. The maximum atomic E-state index is 2.39. The van der Waals surface area contributed by atoms with Crippen LogP contribution in [-0.4, -0.2) is 0 Å². The van der Waals surface area contributed by atoms with E-state index in [1.54, 1.807) is 0 Å². The molecule has 0 radical (unpaired) electrons. The Kier molecular flexibility index (Phi) is 1.71. The molecule has 0 spiro atoms. The maximum Gasteiger partial charge on any atom is -0.0102 e. The lowest BCUT2D eigenvalue weighted by atomic mass is 9.99. The van der Waals surface area contributed by atoms with Crippen molar-refractivity contribution in [3.63, 3.8) is 0 Å². The van der Waals surface area contributed by atoms with E-state index in [0.717, 1.165) is 5.92 Å². The van der Waals surface area contributed by atoms with Gasteiger partial charge < -0.3 is 0 Å². The Morgan fingerprint density at radius 3 is 2.50 bits per heavy atom. The zero-order valence-electron chi connectivity index (χ0n) is 7.88. The minimum atomic E-state index is 0.612. The molecule has 0 amide bonds. The van der Waals surface area contributed by atoms with E-state index < -0.39 is 0 Å². The molecule has 12 heavy (non-hydrogen) atoms. The van der Waals surface area contributed by atoms with Gasteiger partial charge in [0.05, 0.1) is 0 Å². The van der Waals surface area contributed by atoms with Crippen molar-refractivity contribution in [2.45, 2.75) is 32.6 Å². The van der Waals surface area contributed by atoms with Crippen LogP contribution in [0.15, 0.2) is 30.3 Å². The van der Waals surface area contributed by atoms with E-state index in [9.17, 15) is 0 Å². The van der Waals surface area contributed by atoms with E-state index in [2.05, 4.69) is 44.2 Å². The number of rotatable bonds is 2. The minimum absolute atomic E-state index is 0.612. The fourth-order valence-corrected chi connectivity index (χ4v) is 2.00. The van der Waals surface area contributed by atoms with Crippen molar-refractivity contribution in [2.75, 3.05) is 0 Å². The molecule has 0 nitrogen and oxygen atoms in total. The van der Waals surface area contributed by atoms with Crippen molar-refractivity contribution < 1.29 is 0 Å². The van der Waals surface area contributed by atoms with Crippen LogP contribution in [-0.2, 0) is 0 Å². The fraction of sp³-hybridized carbons (Fsp3) is 0.500. The Balaban J connectivity index is 2.16. The van der Waals surface area contributed by atoms with Crippen molar-refractivity contribution in [1.82, 2.24) is 0 Å². The summed E-state index contributed by atoms with van der Waals surface area (Å²) in [5.74, 6) is 0.837. The first-order valence-corrected chi connectivity index (χ1v) is 4.81. The summed E-state index contributed by atoms with van der Waals surface area (Å²) in [5.41, 5.74) is 2.14. The molecule has 1 aromatic carbocycles. The van der Waals surface area contributed by atoms with E-state index in [1.807, 2.05) is 0 Å². The highest BCUT2D eigenvalue weighted by atomic mass is 14.5. The Morgan fingerprint density at radius 2 is 2.00 bits per heavy atom. The number of hydrogen-bond acceptors (Lipinski definition) is 0. The molecule has 1 aromatic rings. The average molecular weight is 160 g/mol. The summed E-state index contributed by atoms with van der Waals surface area (Å²) < 4.78 is 0. The van der Waals surface area contributed by atoms with Gasteiger partial charge in [-0.1, -0.05) is 50.6 Å². The van der Waals surface area contributed by atoms with E-state index >= 15 is 0 Å². The first kappa shape index (κ1) is 7.85. The van der Waals surface area contributed by atoms with Gasteiger partial charge in [0.2, 0.25) is 0 Å². The second-order valence-electron chi connectivity index (χ2n) is 4.17. The van der Waals surface area contributed by atoms with Gasteiger partial charge in [-0.05, 0) is 23.3 Å². The molecule has 2 rings (SSSR count). The summed E-state index contributed by atoms with van der Waals surface area (Å²) in [6.45, 7) is 4.69. The first-order valence-electron chi connectivity index (χ1n) is 4.81. The second-order valence-corrected chi connectivity index (χ2v) is 4.17. The van der Waals surface area contributed by atoms with Crippen LogP contribution < -0.4 is 0 Å². The van der Waals surface area contributed by atoms with E-state index in [0.29, 0.717) is 5.41 Å². The smallest absolute Gasteiger partial charge is 0.0102 e. The van der Waals surface area contributed by atoms with Gasteiger partial charge in [0.15, 0.2) is 0 Å². The highest BCUT2D eigenvalue weighted by molar-refractivity contribution is 5.28. The van der Waals surface area contributed by atoms with E-state index in [4.69, 9.17) is 0 Å². The van der Waals surface area contributed by atoms with E-state index in [1.165, 1.54) is 18.4 Å². The lowest BCUT2D eigenvalue weighted by Gasteiger charge is -2.06. The van der Waals surface area contributed by atoms with Gasteiger partial charge in [-0.15, -0.1) is 0 Å². The minimum Gasteiger partial charge on any atom is -0.0648 e. The molecular weight excluding hydrogens is 144 g/mol. The topological polar surface area (TPSA) is 0 Å². The first-order chi connectivity index (χ1) is 5.76. The van der Waals surface area contributed by atoms with Crippen molar-refractivity contribution in [1.29, 1.82) is 0 Å². The molecule has 0 heteroatoms. The van der Waals surface area contributed by atoms with Gasteiger partial charge in [-0.25, -0.2) is 0 Å². The summed E-state index contributed by atoms with van der Waals surface area (Å²) in [4.78, 5) is 0. The molecule has 1 fully saturated rings. The Labute approximate surface area is 74.6 Å². The molecule has 0 saturated heterocycles. The van der Waals surface area contributed by atoms with Gasteiger partial charge in [0, 0.05) is 0 Å². The Bertz CT molecular complexity index is 263. The normalized spacial score (nSPS) is 33.3. The highest BCUT2D eigenvalue weighted by Crippen LogP contribution is 2.60. The van der Waals surface area contributed by atoms with Crippen molar-refractivity contribution >= 4 is 0 Å². The van der Waals surface area contributed by atoms with Gasteiger partial charge in [0.1, 0.15) is 0 Å². The number of hydrogen-bond donors (Lipinski definition) is 0. The molecule has 1 saturated carbocycles. The lowest BCUT2D eigenvalue weighted by molar-refractivity contribution is 0.528. The van der Waals surface area contributed by atoms with Crippen molar-refractivity contribution in [2.24, 2.45) is 5.41 Å². The summed E-state index contributed by atoms with van der Waals surface area (Å²) >= 11 is 0. The van der Waals surface area contributed by atoms with Crippen LogP contribution in [0.2, 0.25) is 0 Å². The zero-order chi connectivity index (χ0) is 8.60. The number of benzene rings is 1. The van der Waals surface area contributed by atoms with Crippen molar-refractivity contribution in [3.05, 3.63) is 35.9 Å². The maximum absolute atomic E-state index is 2.39. The third-order valence-corrected chi connectivity index (χ3v) is 3.36. The molecule has 0 aliphatic heterocycles. The van der Waals surface area contributed by atoms with Crippen LogP contribution in [0, 0.1) is 5.41 Å². The molecule has 1 aliphatic rings. The summed E-state index contributed by atoms with van der Waals surface area (Å²) in [7, 11) is 0. The van der Waals surface area contributed by atoms with Crippen LogP contribution in [0.4, 0.5) is 0 Å². The van der Waals surface area contributed by atoms with Crippen LogP contribution in [0.1, 0.15) is 38.2 Å². The fourth-order valence-electron chi connectivity index (χ4n) is 2.00. The van der Waals surface area contributed by atoms with Gasteiger partial charge >= 0.3 is 0 Å². The third-order valence-electron chi connectivity index (χ3n) is 3.36. The predicted octanol–water partition coefficient (Wildman–Crippen LogP) is 3.59. The monoisotopic (exact) mass is 160 g/mol. The Morgan fingerprint density at radius 1 is 1.33 bits per heavy atom. The standard InChI is InChI=1S/C12H16/c1-3-12(2)9-11(12)10-7-5-4-6-8-10/h4-8,11H,3,9H2,1-2H3/t11-,12+/m0/s1. The zero-order valence-corrected chi connectivity index (χ0v) is 7.88. The molecule has 0 bridgehead atoms. The molecule has 0 N–H and O–H groups in total. The summed E-state index contributed by atoms with van der Waals surface area (Å²) in [6, 6.07) is 10.9. The van der Waals surface area contributed by atoms with Crippen LogP contribution in [0.5, 0.6) is 0 Å². The van der Waals surface area contributed by atoms with Crippen LogP contribution in [0.3, 0.4) is 0 Å². The van der Waals surface area contributed by atoms with E-state index in [-0.39, 0.29) is 0 Å². The van der Waals surface area contributed by atoms with Crippen LogP contribution in [0.25, 0.3) is 0 Å². The lowest BCUT2D eigenvalue weighted by Crippen LogP contribution is -1.93. The molecule has 0 unspecified atom stereocenters. The largest absolute Gasteiger partial charge is 0.0648 e. The van der Waals surface area contributed by atoms with Crippen molar-refractivity contribution in [3.8, 4) is 0 Å². The highest BCUT2D eigenvalue weighted by Gasteiger charge is 2.48. The quantitative estimate of drug-likeness (QED) is 0.620. The van der Waals surface area contributed by atoms with Gasteiger partial charge in [-0.3, -0.25) is 0 Å². The predicted molar refractivity (Wildman–Crippen MR) is 52.2 cm³/mol. The summed E-state index contributed by atoms with van der Waals surface area (Å²) in [5, 5.41) is 0. The summed E-state index contributed by atoms with van der Waals surface area (Å²) in [6.07, 6.45) is 2.69. The van der Waals surface area contributed by atoms with Gasteiger partial charge in [-0.2, -0.15) is 0 Å².